The van der Waals surface area contributed by atoms with Crippen LogP contribution in [-0.2, 0) is 4.79 Å². The predicted octanol–water partition coefficient (Wildman–Crippen LogP) is 5.46. The molecule has 0 aromatic heterocycles. The molecule has 2 aromatic carbocycles. The summed E-state index contributed by atoms with van der Waals surface area (Å²) in [5.74, 6) is -0.775. The number of esters is 1. The molecular weight excluding hydrogens is 373 g/mol. The molecule has 2 aromatic rings. The second kappa shape index (κ2) is 7.88. The summed E-state index contributed by atoms with van der Waals surface area (Å²) >= 11 is 17.8. The van der Waals surface area contributed by atoms with Gasteiger partial charge in [0.2, 0.25) is 5.91 Å². The molecule has 0 heterocycles. The molecule has 0 radical (unpaired) electrons. The molecule has 2 rings (SSSR count). The van der Waals surface area contributed by atoms with E-state index in [1.807, 2.05) is 0 Å². The lowest BCUT2D eigenvalue weighted by atomic mass is 10.1. The maximum atomic E-state index is 12.2. The molecule has 0 fully saturated rings. The Morgan fingerprint density at radius 1 is 1.04 bits per heavy atom. The van der Waals surface area contributed by atoms with Crippen LogP contribution in [0.5, 0.6) is 5.75 Å². The highest BCUT2D eigenvalue weighted by Crippen LogP contribution is 2.35. The van der Waals surface area contributed by atoms with E-state index in [-0.39, 0.29) is 27.6 Å². The molecule has 1 amide bonds. The Hall–Kier alpha value is -1.75. The van der Waals surface area contributed by atoms with Crippen LogP contribution in [0, 0.1) is 5.92 Å². The summed E-state index contributed by atoms with van der Waals surface area (Å²) in [4.78, 5) is 23.8. The Kier molecular flexibility index (Phi) is 6.10. The van der Waals surface area contributed by atoms with Gasteiger partial charge in [0.15, 0.2) is 5.75 Å². The fraction of sp³-hybridized carbons (Fsp3) is 0.176. The third-order valence-corrected chi connectivity index (χ3v) is 4.08. The monoisotopic (exact) mass is 385 g/mol. The van der Waals surface area contributed by atoms with Gasteiger partial charge in [-0.1, -0.05) is 48.7 Å². The average molecular weight is 387 g/mol. The molecule has 0 saturated carbocycles. The third-order valence-electron chi connectivity index (χ3n) is 3.07. The van der Waals surface area contributed by atoms with Crippen molar-refractivity contribution >= 4 is 52.4 Å². The van der Waals surface area contributed by atoms with E-state index in [2.05, 4.69) is 5.32 Å². The number of hydrogen-bond acceptors (Lipinski definition) is 3. The lowest BCUT2D eigenvalue weighted by molar-refractivity contribution is -0.118. The predicted molar refractivity (Wildman–Crippen MR) is 96.3 cm³/mol. The first-order valence-corrected chi connectivity index (χ1v) is 8.19. The number of carbonyl (C=O) groups is 2. The number of anilines is 1. The molecule has 1 N–H and O–H groups in total. The molecule has 0 aliphatic heterocycles. The molecular formula is C17H14Cl3NO3. The van der Waals surface area contributed by atoms with Crippen LogP contribution in [0.1, 0.15) is 24.2 Å². The second-order valence-electron chi connectivity index (χ2n) is 5.31. The largest absolute Gasteiger partial charge is 0.421 e. The first kappa shape index (κ1) is 18.6. The van der Waals surface area contributed by atoms with Crippen molar-refractivity contribution in [1.29, 1.82) is 0 Å². The number of benzene rings is 2. The second-order valence-corrected chi connectivity index (χ2v) is 6.53. The van der Waals surface area contributed by atoms with Crippen molar-refractivity contribution in [2.45, 2.75) is 13.8 Å². The van der Waals surface area contributed by atoms with Gasteiger partial charge in [-0.2, -0.15) is 0 Å². The molecule has 0 atom stereocenters. The molecule has 0 unspecified atom stereocenters. The molecule has 0 bridgehead atoms. The fourth-order valence-corrected chi connectivity index (χ4v) is 2.36. The summed E-state index contributed by atoms with van der Waals surface area (Å²) in [7, 11) is 0. The summed E-state index contributed by atoms with van der Waals surface area (Å²) in [5.41, 5.74) is 0.888. The molecule has 0 saturated heterocycles. The minimum absolute atomic E-state index is 0.0800. The van der Waals surface area contributed by atoms with Crippen molar-refractivity contribution in [3.63, 3.8) is 0 Å². The van der Waals surface area contributed by atoms with Crippen molar-refractivity contribution in [2.75, 3.05) is 5.32 Å². The minimum atomic E-state index is -0.614. The van der Waals surface area contributed by atoms with Crippen molar-refractivity contribution in [1.82, 2.24) is 0 Å². The van der Waals surface area contributed by atoms with Crippen LogP contribution in [0.4, 0.5) is 5.69 Å². The third kappa shape index (κ3) is 4.63. The van der Waals surface area contributed by atoms with Gasteiger partial charge in [0.25, 0.3) is 0 Å². The molecule has 0 aliphatic rings. The number of halogens is 3. The average Bonchev–Trinajstić information content (AvgIpc) is 2.52. The van der Waals surface area contributed by atoms with Crippen LogP contribution in [0.25, 0.3) is 0 Å². The van der Waals surface area contributed by atoms with Gasteiger partial charge < -0.3 is 10.1 Å². The molecule has 126 valence electrons. The van der Waals surface area contributed by atoms with Crippen molar-refractivity contribution in [2.24, 2.45) is 5.92 Å². The molecule has 4 nitrogen and oxygen atoms in total. The molecule has 0 spiro atoms. The van der Waals surface area contributed by atoms with Gasteiger partial charge in [0.05, 0.1) is 10.6 Å². The van der Waals surface area contributed by atoms with Crippen molar-refractivity contribution < 1.29 is 14.3 Å². The lowest BCUT2D eigenvalue weighted by Gasteiger charge is -2.10. The topological polar surface area (TPSA) is 55.4 Å². The Morgan fingerprint density at radius 3 is 2.25 bits per heavy atom. The summed E-state index contributed by atoms with van der Waals surface area (Å²) in [5, 5.41) is 3.34. The van der Waals surface area contributed by atoms with E-state index in [1.165, 1.54) is 12.1 Å². The Balaban J connectivity index is 2.12. The highest BCUT2D eigenvalue weighted by atomic mass is 35.5. The van der Waals surface area contributed by atoms with Gasteiger partial charge in [-0.15, -0.1) is 0 Å². The van der Waals surface area contributed by atoms with Crippen LogP contribution in [0.2, 0.25) is 15.1 Å². The smallest absolute Gasteiger partial charge is 0.343 e. The van der Waals surface area contributed by atoms with E-state index < -0.39 is 5.97 Å². The van der Waals surface area contributed by atoms with E-state index >= 15 is 0 Å². The number of rotatable bonds is 4. The van der Waals surface area contributed by atoms with Crippen LogP contribution in [0.3, 0.4) is 0 Å². The zero-order valence-electron chi connectivity index (χ0n) is 12.9. The quantitative estimate of drug-likeness (QED) is 0.431. The number of amides is 1. The number of hydrogen-bond donors (Lipinski definition) is 1. The maximum Gasteiger partial charge on any atom is 0.343 e. The lowest BCUT2D eigenvalue weighted by Crippen LogP contribution is -2.17. The fourth-order valence-electron chi connectivity index (χ4n) is 1.74. The first-order valence-electron chi connectivity index (χ1n) is 7.05. The van der Waals surface area contributed by atoms with E-state index in [0.717, 1.165) is 0 Å². The molecule has 24 heavy (non-hydrogen) atoms. The summed E-state index contributed by atoms with van der Waals surface area (Å²) in [6.07, 6.45) is 0. The van der Waals surface area contributed by atoms with Gasteiger partial charge in [0, 0.05) is 22.7 Å². The van der Waals surface area contributed by atoms with E-state index in [0.29, 0.717) is 16.3 Å². The zero-order chi connectivity index (χ0) is 17.9. The van der Waals surface area contributed by atoms with Gasteiger partial charge in [-0.25, -0.2) is 4.79 Å². The van der Waals surface area contributed by atoms with Gasteiger partial charge >= 0.3 is 5.97 Å². The van der Waals surface area contributed by atoms with E-state index in [4.69, 9.17) is 39.5 Å². The standard InChI is InChI=1S/C17H14Cl3NO3/c1-9(2)16(22)21-12-5-3-10(4-6-12)17(23)24-14-8-11(18)7-13(19)15(14)20/h3-9H,1-2H3,(H,21,22). The van der Waals surface area contributed by atoms with Crippen molar-refractivity contribution in [3.05, 3.63) is 57.0 Å². The molecule has 7 heteroatoms. The van der Waals surface area contributed by atoms with Crippen LogP contribution in [-0.4, -0.2) is 11.9 Å². The normalized spacial score (nSPS) is 10.6. The number of carbonyl (C=O) groups excluding carboxylic acids is 2. The van der Waals surface area contributed by atoms with E-state index in [9.17, 15) is 9.59 Å². The first-order chi connectivity index (χ1) is 11.3. The minimum Gasteiger partial charge on any atom is -0.421 e. The van der Waals surface area contributed by atoms with E-state index in [1.54, 1.807) is 38.1 Å². The highest BCUT2D eigenvalue weighted by molar-refractivity contribution is 6.44. The maximum absolute atomic E-state index is 12.2. The summed E-state index contributed by atoms with van der Waals surface area (Å²) in [6, 6.07) is 9.17. The van der Waals surface area contributed by atoms with Gasteiger partial charge in [-0.3, -0.25) is 4.79 Å². The number of nitrogens with one attached hydrogen (secondary N) is 1. The van der Waals surface area contributed by atoms with Crippen LogP contribution < -0.4 is 10.1 Å². The van der Waals surface area contributed by atoms with Gasteiger partial charge in [0.1, 0.15) is 5.02 Å². The Labute approximate surface area is 154 Å². The Morgan fingerprint density at radius 2 is 1.67 bits per heavy atom. The summed E-state index contributed by atoms with van der Waals surface area (Å²) in [6.45, 7) is 3.59. The molecule has 0 aliphatic carbocycles. The Bertz CT molecular complexity index is 773. The number of ether oxygens (including phenoxy) is 1. The summed E-state index contributed by atoms with van der Waals surface area (Å²) < 4.78 is 5.22. The van der Waals surface area contributed by atoms with Crippen LogP contribution in [0.15, 0.2) is 36.4 Å². The highest BCUT2D eigenvalue weighted by Gasteiger charge is 2.15. The van der Waals surface area contributed by atoms with Crippen LogP contribution >= 0.6 is 34.8 Å². The SMILES string of the molecule is CC(C)C(=O)Nc1ccc(C(=O)Oc2cc(Cl)cc(Cl)c2Cl)cc1. The van der Waals surface area contributed by atoms with Gasteiger partial charge in [-0.05, 0) is 30.3 Å². The zero-order valence-corrected chi connectivity index (χ0v) is 15.2. The van der Waals surface area contributed by atoms with Crippen molar-refractivity contribution in [3.8, 4) is 5.75 Å².